The number of aromatic nitrogens is 2. The average Bonchev–Trinajstić information content (AvgIpc) is 2.77. The van der Waals surface area contributed by atoms with E-state index in [1.165, 1.54) is 12.7 Å². The number of carbonyl (C=O) groups excluding carboxylic acids is 1. The van der Waals surface area contributed by atoms with Crippen molar-refractivity contribution < 1.29 is 14.3 Å². The van der Waals surface area contributed by atoms with Gasteiger partial charge in [-0.1, -0.05) is 45.0 Å². The van der Waals surface area contributed by atoms with Gasteiger partial charge in [-0.05, 0) is 47.4 Å². The Kier molecular flexibility index (Phi) is 6.27. The molecule has 1 heterocycles. The van der Waals surface area contributed by atoms with Crippen molar-refractivity contribution in [1.82, 2.24) is 9.97 Å². The third-order valence-electron chi connectivity index (χ3n) is 5.50. The van der Waals surface area contributed by atoms with Gasteiger partial charge in [0.15, 0.2) is 5.82 Å². The summed E-state index contributed by atoms with van der Waals surface area (Å²) in [4.78, 5) is 20.1. The van der Waals surface area contributed by atoms with E-state index in [0.29, 0.717) is 23.9 Å². The minimum Gasteiger partial charge on any atom is -0.486 e. The molecule has 0 amide bonds. The van der Waals surface area contributed by atoms with Crippen LogP contribution in [0.4, 0.5) is 0 Å². The Bertz CT molecular complexity index is 938. The van der Waals surface area contributed by atoms with E-state index in [1.54, 1.807) is 18.5 Å². The third kappa shape index (κ3) is 4.45. The Hall–Kier alpha value is -3.21. The van der Waals surface area contributed by atoms with Crippen molar-refractivity contribution in [2.75, 3.05) is 7.11 Å². The summed E-state index contributed by atoms with van der Waals surface area (Å²) in [6.07, 6.45) is 3.41. The maximum Gasteiger partial charge on any atom is 0.337 e. The lowest BCUT2D eigenvalue weighted by molar-refractivity contribution is 0.0600. The molecule has 1 atom stereocenters. The molecule has 0 spiro atoms. The highest BCUT2D eigenvalue weighted by molar-refractivity contribution is 5.89. The SMILES string of the molecule is COC(=O)c1ccc(C(C)(c2ccc(OCc3ncccn3)cc2)C(C)C)cc1. The fourth-order valence-corrected chi connectivity index (χ4v) is 3.35. The molecule has 2 aromatic carbocycles. The van der Waals surface area contributed by atoms with Gasteiger partial charge in [0.1, 0.15) is 12.4 Å². The minimum atomic E-state index is -0.327. The molecular weight excluding hydrogens is 364 g/mol. The van der Waals surface area contributed by atoms with Crippen LogP contribution in [0.25, 0.3) is 0 Å². The second kappa shape index (κ2) is 8.86. The standard InChI is InChI=1S/C24H26N2O3/c1-17(2)24(3,19-8-6-18(7-9-19)23(27)28-4)20-10-12-21(13-11-20)29-16-22-25-14-5-15-26-22/h5-15,17H,16H2,1-4H3. The molecule has 0 N–H and O–H groups in total. The summed E-state index contributed by atoms with van der Waals surface area (Å²) in [5.74, 6) is 1.44. The number of carbonyl (C=O) groups is 1. The first-order valence-corrected chi connectivity index (χ1v) is 9.63. The highest BCUT2D eigenvalue weighted by Gasteiger charge is 2.32. The van der Waals surface area contributed by atoms with Gasteiger partial charge >= 0.3 is 5.97 Å². The second-order valence-corrected chi connectivity index (χ2v) is 7.40. The smallest absolute Gasteiger partial charge is 0.337 e. The van der Waals surface area contributed by atoms with Crippen LogP contribution >= 0.6 is 0 Å². The molecule has 150 valence electrons. The average molecular weight is 390 g/mol. The van der Waals surface area contributed by atoms with Gasteiger partial charge in [0.25, 0.3) is 0 Å². The second-order valence-electron chi connectivity index (χ2n) is 7.40. The maximum absolute atomic E-state index is 11.7. The topological polar surface area (TPSA) is 61.3 Å². The summed E-state index contributed by atoms with van der Waals surface area (Å²) < 4.78 is 10.6. The van der Waals surface area contributed by atoms with Crippen molar-refractivity contribution in [2.45, 2.75) is 32.8 Å². The molecule has 29 heavy (non-hydrogen) atoms. The molecular formula is C24H26N2O3. The van der Waals surface area contributed by atoms with Gasteiger partial charge in [0.2, 0.25) is 0 Å². The number of hydrogen-bond donors (Lipinski definition) is 0. The molecule has 3 aromatic rings. The van der Waals surface area contributed by atoms with Crippen molar-refractivity contribution in [2.24, 2.45) is 5.92 Å². The van der Waals surface area contributed by atoms with E-state index < -0.39 is 0 Å². The molecule has 1 unspecified atom stereocenters. The third-order valence-corrected chi connectivity index (χ3v) is 5.50. The van der Waals surface area contributed by atoms with Crippen LogP contribution in [0.1, 0.15) is 48.1 Å². The van der Waals surface area contributed by atoms with Gasteiger partial charge in [-0.2, -0.15) is 0 Å². The number of rotatable bonds is 7. The Balaban J connectivity index is 1.82. The molecule has 5 heteroatoms. The molecule has 0 aliphatic heterocycles. The summed E-state index contributed by atoms with van der Waals surface area (Å²) >= 11 is 0. The maximum atomic E-state index is 11.7. The van der Waals surface area contributed by atoms with Crippen LogP contribution in [0.2, 0.25) is 0 Å². The van der Waals surface area contributed by atoms with Crippen LogP contribution in [0.5, 0.6) is 5.75 Å². The number of esters is 1. The van der Waals surface area contributed by atoms with Crippen LogP contribution in [-0.4, -0.2) is 23.0 Å². The molecule has 0 saturated heterocycles. The van der Waals surface area contributed by atoms with Gasteiger partial charge in [0, 0.05) is 17.8 Å². The summed E-state index contributed by atoms with van der Waals surface area (Å²) in [5, 5.41) is 0. The van der Waals surface area contributed by atoms with E-state index in [1.807, 2.05) is 36.4 Å². The molecule has 3 rings (SSSR count). The van der Waals surface area contributed by atoms with Crippen LogP contribution in [0, 0.1) is 5.92 Å². The van der Waals surface area contributed by atoms with Crippen LogP contribution in [-0.2, 0) is 16.8 Å². The van der Waals surface area contributed by atoms with Gasteiger partial charge in [-0.3, -0.25) is 0 Å². The zero-order valence-corrected chi connectivity index (χ0v) is 17.3. The first kappa shape index (κ1) is 20.5. The van der Waals surface area contributed by atoms with Gasteiger partial charge in [-0.25, -0.2) is 14.8 Å². The van der Waals surface area contributed by atoms with Gasteiger partial charge < -0.3 is 9.47 Å². The Labute approximate surface area is 171 Å². The molecule has 0 bridgehead atoms. The Morgan fingerprint density at radius 3 is 2.03 bits per heavy atom. The molecule has 1 aromatic heterocycles. The van der Waals surface area contributed by atoms with Crippen LogP contribution in [0.3, 0.4) is 0 Å². The predicted molar refractivity (Wildman–Crippen MR) is 112 cm³/mol. The normalized spacial score (nSPS) is 13.0. The van der Waals surface area contributed by atoms with E-state index in [9.17, 15) is 4.79 Å². The number of nitrogens with zero attached hydrogens (tertiary/aromatic N) is 2. The van der Waals surface area contributed by atoms with Crippen molar-refractivity contribution in [3.63, 3.8) is 0 Å². The van der Waals surface area contributed by atoms with Crippen LogP contribution in [0.15, 0.2) is 67.0 Å². The number of benzene rings is 2. The lowest BCUT2D eigenvalue weighted by atomic mass is 9.68. The largest absolute Gasteiger partial charge is 0.486 e. The minimum absolute atomic E-state index is 0.213. The number of methoxy groups -OCH3 is 1. The molecule has 5 nitrogen and oxygen atoms in total. The molecule has 0 fully saturated rings. The van der Waals surface area contributed by atoms with E-state index >= 15 is 0 Å². The fraction of sp³-hybridized carbons (Fsp3) is 0.292. The summed E-state index contributed by atoms with van der Waals surface area (Å²) in [6.45, 7) is 6.95. The Morgan fingerprint density at radius 1 is 0.966 bits per heavy atom. The predicted octanol–water partition coefficient (Wildman–Crippen LogP) is 4.80. The van der Waals surface area contributed by atoms with Crippen molar-refractivity contribution >= 4 is 5.97 Å². The molecule has 0 aliphatic rings. The molecule has 0 aliphatic carbocycles. The van der Waals surface area contributed by atoms with E-state index in [2.05, 4.69) is 42.9 Å². The summed E-state index contributed by atoms with van der Waals surface area (Å²) in [6, 6.07) is 17.6. The quantitative estimate of drug-likeness (QED) is 0.542. The zero-order chi connectivity index (χ0) is 20.9. The lowest BCUT2D eigenvalue weighted by Crippen LogP contribution is -2.30. The highest BCUT2D eigenvalue weighted by atomic mass is 16.5. The van der Waals surface area contributed by atoms with Gasteiger partial charge in [-0.15, -0.1) is 0 Å². The number of ether oxygens (including phenoxy) is 2. The van der Waals surface area contributed by atoms with Crippen molar-refractivity contribution in [3.05, 3.63) is 89.5 Å². The fourth-order valence-electron chi connectivity index (χ4n) is 3.35. The van der Waals surface area contributed by atoms with Crippen LogP contribution < -0.4 is 4.74 Å². The van der Waals surface area contributed by atoms with Crippen molar-refractivity contribution in [1.29, 1.82) is 0 Å². The first-order valence-electron chi connectivity index (χ1n) is 9.63. The van der Waals surface area contributed by atoms with E-state index in [4.69, 9.17) is 9.47 Å². The summed E-state index contributed by atoms with van der Waals surface area (Å²) in [5.41, 5.74) is 2.66. The monoisotopic (exact) mass is 390 g/mol. The van der Waals surface area contributed by atoms with E-state index in [0.717, 1.165) is 11.3 Å². The first-order chi connectivity index (χ1) is 13.9. The van der Waals surface area contributed by atoms with Gasteiger partial charge in [0.05, 0.1) is 12.7 Å². The Morgan fingerprint density at radius 2 is 1.52 bits per heavy atom. The zero-order valence-electron chi connectivity index (χ0n) is 17.3. The summed E-state index contributed by atoms with van der Waals surface area (Å²) in [7, 11) is 1.39. The van der Waals surface area contributed by atoms with Crippen molar-refractivity contribution in [3.8, 4) is 5.75 Å². The lowest BCUT2D eigenvalue weighted by Gasteiger charge is -2.35. The number of hydrogen-bond acceptors (Lipinski definition) is 5. The highest BCUT2D eigenvalue weighted by Crippen LogP contribution is 2.39. The molecule has 0 saturated carbocycles. The molecule has 0 radical (unpaired) electrons. The van der Waals surface area contributed by atoms with E-state index in [-0.39, 0.29) is 11.4 Å².